The number of halogens is 1. The molecule has 3 rings (SSSR count). The zero-order valence-corrected chi connectivity index (χ0v) is 12.2. The summed E-state index contributed by atoms with van der Waals surface area (Å²) in [5.74, 6) is 0. The number of anilines is 1. The molecule has 0 radical (unpaired) electrons. The van der Waals surface area contributed by atoms with Crippen molar-refractivity contribution in [2.75, 3.05) is 5.32 Å². The zero-order chi connectivity index (χ0) is 14.5. The molecule has 0 amide bonds. The minimum atomic E-state index is 0.719. The fourth-order valence-corrected chi connectivity index (χ4v) is 2.21. The van der Waals surface area contributed by atoms with Gasteiger partial charge in [-0.05, 0) is 35.4 Å². The second kappa shape index (κ2) is 6.41. The number of nitrogens with one attached hydrogen (secondary N) is 1. The van der Waals surface area contributed by atoms with E-state index in [9.17, 15) is 0 Å². The van der Waals surface area contributed by atoms with Crippen molar-refractivity contribution < 1.29 is 0 Å². The molecule has 0 bridgehead atoms. The molecule has 0 fully saturated rings. The Balaban J connectivity index is 1.64. The Hall–Kier alpha value is -2.33. The Labute approximate surface area is 128 Å². The summed E-state index contributed by atoms with van der Waals surface area (Å²) in [6.45, 7) is 1.49. The van der Waals surface area contributed by atoms with E-state index in [1.54, 1.807) is 17.3 Å². The number of hydrogen-bond acceptors (Lipinski definition) is 3. The molecule has 3 aromatic rings. The summed E-state index contributed by atoms with van der Waals surface area (Å²) in [4.78, 5) is 3.95. The van der Waals surface area contributed by atoms with Crippen LogP contribution in [0.4, 0.5) is 5.69 Å². The van der Waals surface area contributed by atoms with Gasteiger partial charge in [-0.25, -0.2) is 9.67 Å². The number of aromatic nitrogens is 3. The van der Waals surface area contributed by atoms with Gasteiger partial charge in [0.05, 0.1) is 6.54 Å². The third-order valence-corrected chi connectivity index (χ3v) is 3.40. The normalized spacial score (nSPS) is 10.5. The topological polar surface area (TPSA) is 42.7 Å². The molecule has 21 heavy (non-hydrogen) atoms. The fourth-order valence-electron chi connectivity index (χ4n) is 2.09. The third-order valence-electron chi connectivity index (χ3n) is 3.15. The Bertz CT molecular complexity index is 693. The molecule has 0 aliphatic heterocycles. The maximum Gasteiger partial charge on any atom is 0.137 e. The van der Waals surface area contributed by atoms with E-state index < -0.39 is 0 Å². The molecule has 0 saturated carbocycles. The predicted molar refractivity (Wildman–Crippen MR) is 84.3 cm³/mol. The second-order valence-corrected chi connectivity index (χ2v) is 5.21. The lowest BCUT2D eigenvalue weighted by atomic mass is 10.2. The summed E-state index contributed by atoms with van der Waals surface area (Å²) < 4.78 is 1.80. The summed E-state index contributed by atoms with van der Waals surface area (Å²) in [5, 5.41) is 8.29. The van der Waals surface area contributed by atoms with Crippen LogP contribution in [-0.2, 0) is 13.1 Å². The Morgan fingerprint density at radius 1 is 1.05 bits per heavy atom. The smallest absolute Gasteiger partial charge is 0.137 e. The van der Waals surface area contributed by atoms with Gasteiger partial charge in [0, 0.05) is 17.3 Å². The van der Waals surface area contributed by atoms with E-state index in [0.717, 1.165) is 23.8 Å². The van der Waals surface area contributed by atoms with Crippen LogP contribution in [0.2, 0.25) is 5.02 Å². The molecule has 5 heteroatoms. The Morgan fingerprint density at radius 3 is 2.67 bits per heavy atom. The molecule has 106 valence electrons. The lowest BCUT2D eigenvalue weighted by Gasteiger charge is -2.09. The monoisotopic (exact) mass is 298 g/mol. The second-order valence-electron chi connectivity index (χ2n) is 4.77. The number of nitrogens with zero attached hydrogens (tertiary/aromatic N) is 3. The van der Waals surface area contributed by atoms with E-state index in [2.05, 4.69) is 33.6 Å². The van der Waals surface area contributed by atoms with Crippen LogP contribution in [0.5, 0.6) is 0 Å². The van der Waals surface area contributed by atoms with Gasteiger partial charge >= 0.3 is 0 Å². The van der Waals surface area contributed by atoms with Gasteiger partial charge in [-0.3, -0.25) is 0 Å². The zero-order valence-electron chi connectivity index (χ0n) is 11.4. The van der Waals surface area contributed by atoms with Crippen molar-refractivity contribution >= 4 is 17.3 Å². The first-order valence-electron chi connectivity index (χ1n) is 6.69. The summed E-state index contributed by atoms with van der Waals surface area (Å²) in [7, 11) is 0. The quantitative estimate of drug-likeness (QED) is 0.783. The first kappa shape index (κ1) is 13.6. The van der Waals surface area contributed by atoms with Crippen molar-refractivity contribution in [1.29, 1.82) is 0 Å². The van der Waals surface area contributed by atoms with Crippen LogP contribution in [-0.4, -0.2) is 14.8 Å². The van der Waals surface area contributed by atoms with Crippen LogP contribution in [0.15, 0.2) is 61.2 Å². The summed E-state index contributed by atoms with van der Waals surface area (Å²) in [6.07, 6.45) is 3.26. The van der Waals surface area contributed by atoms with Crippen molar-refractivity contribution in [2.24, 2.45) is 0 Å². The van der Waals surface area contributed by atoms with E-state index in [1.165, 1.54) is 11.1 Å². The van der Waals surface area contributed by atoms with Gasteiger partial charge in [-0.15, -0.1) is 0 Å². The molecule has 1 heterocycles. The molecule has 0 aliphatic rings. The molecule has 2 aromatic carbocycles. The van der Waals surface area contributed by atoms with E-state index in [1.807, 2.05) is 30.3 Å². The molecule has 0 aliphatic carbocycles. The lowest BCUT2D eigenvalue weighted by Crippen LogP contribution is -2.02. The van der Waals surface area contributed by atoms with Gasteiger partial charge in [0.1, 0.15) is 12.7 Å². The maximum absolute atomic E-state index is 5.88. The van der Waals surface area contributed by atoms with Crippen molar-refractivity contribution in [3.63, 3.8) is 0 Å². The molecule has 1 N–H and O–H groups in total. The minimum absolute atomic E-state index is 0.719. The standard InChI is InChI=1S/C16H15ClN4/c17-15-6-4-13(5-7-15)9-19-16-3-1-2-14(8-16)10-21-12-18-11-20-21/h1-8,11-12,19H,9-10H2. The number of hydrogen-bond donors (Lipinski definition) is 1. The van der Waals surface area contributed by atoms with Crippen molar-refractivity contribution in [3.8, 4) is 0 Å². The molecule has 0 spiro atoms. The molecule has 0 unspecified atom stereocenters. The van der Waals surface area contributed by atoms with Gasteiger partial charge in [0.15, 0.2) is 0 Å². The van der Waals surface area contributed by atoms with E-state index in [-0.39, 0.29) is 0 Å². The summed E-state index contributed by atoms with van der Waals surface area (Å²) in [6, 6.07) is 16.1. The van der Waals surface area contributed by atoms with Gasteiger partial charge in [0.2, 0.25) is 0 Å². The SMILES string of the molecule is Clc1ccc(CNc2cccc(Cn3cncn3)c2)cc1. The van der Waals surface area contributed by atoms with E-state index in [4.69, 9.17) is 11.6 Å². The van der Waals surface area contributed by atoms with E-state index >= 15 is 0 Å². The average molecular weight is 299 g/mol. The third kappa shape index (κ3) is 3.83. The van der Waals surface area contributed by atoms with Crippen LogP contribution in [0, 0.1) is 0 Å². The predicted octanol–water partition coefficient (Wildman–Crippen LogP) is 3.59. The Kier molecular flexibility index (Phi) is 4.17. The maximum atomic E-state index is 5.88. The molecular weight excluding hydrogens is 284 g/mol. The summed E-state index contributed by atoms with van der Waals surface area (Å²) in [5.41, 5.74) is 3.46. The fraction of sp³-hybridized carbons (Fsp3) is 0.125. The van der Waals surface area contributed by atoms with Gasteiger partial charge in [0.25, 0.3) is 0 Å². The van der Waals surface area contributed by atoms with E-state index in [0.29, 0.717) is 0 Å². The number of benzene rings is 2. The van der Waals surface area contributed by atoms with Crippen LogP contribution in [0.25, 0.3) is 0 Å². The highest BCUT2D eigenvalue weighted by Gasteiger charge is 1.99. The van der Waals surface area contributed by atoms with Gasteiger partial charge in [-0.2, -0.15) is 5.10 Å². The molecular formula is C16H15ClN4. The minimum Gasteiger partial charge on any atom is -0.381 e. The molecule has 0 atom stereocenters. The molecule has 1 aromatic heterocycles. The largest absolute Gasteiger partial charge is 0.381 e. The highest BCUT2D eigenvalue weighted by atomic mass is 35.5. The Morgan fingerprint density at radius 2 is 1.90 bits per heavy atom. The molecule has 4 nitrogen and oxygen atoms in total. The van der Waals surface area contributed by atoms with Crippen LogP contribution in [0.3, 0.4) is 0 Å². The first-order chi connectivity index (χ1) is 10.3. The molecule has 0 saturated heterocycles. The first-order valence-corrected chi connectivity index (χ1v) is 7.07. The lowest BCUT2D eigenvalue weighted by molar-refractivity contribution is 0.685. The highest BCUT2D eigenvalue weighted by molar-refractivity contribution is 6.30. The van der Waals surface area contributed by atoms with Crippen LogP contribution in [0.1, 0.15) is 11.1 Å². The van der Waals surface area contributed by atoms with Gasteiger partial charge in [-0.1, -0.05) is 35.9 Å². The highest BCUT2D eigenvalue weighted by Crippen LogP contribution is 2.14. The average Bonchev–Trinajstić information content (AvgIpc) is 3.00. The summed E-state index contributed by atoms with van der Waals surface area (Å²) >= 11 is 5.88. The van der Waals surface area contributed by atoms with Crippen molar-refractivity contribution in [3.05, 3.63) is 77.3 Å². The van der Waals surface area contributed by atoms with Crippen LogP contribution >= 0.6 is 11.6 Å². The number of rotatable bonds is 5. The van der Waals surface area contributed by atoms with Crippen molar-refractivity contribution in [1.82, 2.24) is 14.8 Å². The van der Waals surface area contributed by atoms with Crippen LogP contribution < -0.4 is 5.32 Å². The van der Waals surface area contributed by atoms with Gasteiger partial charge < -0.3 is 5.32 Å². The van der Waals surface area contributed by atoms with Crippen molar-refractivity contribution in [2.45, 2.75) is 13.1 Å².